The second kappa shape index (κ2) is 7.98. The molecule has 0 heterocycles. The molecule has 9 heteroatoms. The fourth-order valence-electron chi connectivity index (χ4n) is 1.93. The molecule has 0 saturated heterocycles. The van der Waals surface area contributed by atoms with Gasteiger partial charge < -0.3 is 14.2 Å². The smallest absolute Gasteiger partial charge is 0.456 e. The Morgan fingerprint density at radius 3 is 2.19 bits per heavy atom. The highest BCUT2D eigenvalue weighted by Gasteiger charge is 2.32. The molecule has 0 N–H and O–H groups in total. The van der Waals surface area contributed by atoms with Crippen LogP contribution in [0.1, 0.15) is 31.1 Å². The maximum atomic E-state index is 12.3. The fraction of sp³-hybridized carbons (Fsp3) is 0.278. The lowest BCUT2D eigenvalue weighted by Crippen LogP contribution is -2.23. The van der Waals surface area contributed by atoms with Gasteiger partial charge in [-0.3, -0.25) is 0 Å². The number of benzene rings is 2. The molecule has 2 aromatic carbocycles. The molecule has 146 valence electrons. The van der Waals surface area contributed by atoms with Crippen LogP contribution in [0.15, 0.2) is 40.9 Å². The van der Waals surface area contributed by atoms with Gasteiger partial charge in [0.1, 0.15) is 22.8 Å². The van der Waals surface area contributed by atoms with E-state index in [0.717, 1.165) is 6.07 Å². The molecule has 0 aliphatic rings. The van der Waals surface area contributed by atoms with Gasteiger partial charge in [0, 0.05) is 6.07 Å². The van der Waals surface area contributed by atoms with Gasteiger partial charge in [-0.15, -0.1) is 13.2 Å². The molecule has 0 unspecified atom stereocenters. The highest BCUT2D eigenvalue weighted by atomic mass is 79.9. The molecule has 2 rings (SSSR count). The standard InChI is InChI=1S/C18H15BrClF3O4/c1-17(2,3)27-16(24)10-4-6-14(12(19)8-10)25-11-5-7-15(13(20)9-11)26-18(21,22)23/h4-9H,1-3H3. The number of carbonyl (C=O) groups is 1. The zero-order chi connectivity index (χ0) is 20.4. The normalized spacial score (nSPS) is 11.9. The Kier molecular flexibility index (Phi) is 6.32. The van der Waals surface area contributed by atoms with Crippen LogP contribution in [0.4, 0.5) is 13.2 Å². The van der Waals surface area contributed by atoms with Crippen LogP contribution in [0.3, 0.4) is 0 Å². The van der Waals surface area contributed by atoms with Crippen molar-refractivity contribution in [2.75, 3.05) is 0 Å². The van der Waals surface area contributed by atoms with Crippen LogP contribution in [0.2, 0.25) is 5.02 Å². The van der Waals surface area contributed by atoms with Crippen molar-refractivity contribution in [1.29, 1.82) is 0 Å². The Bertz CT molecular complexity index is 847. The first-order chi connectivity index (χ1) is 12.3. The van der Waals surface area contributed by atoms with Crippen molar-refractivity contribution in [3.8, 4) is 17.2 Å². The molecule has 2 aromatic rings. The van der Waals surface area contributed by atoms with Crippen molar-refractivity contribution in [2.45, 2.75) is 32.7 Å². The first-order valence-electron chi connectivity index (χ1n) is 7.60. The van der Waals surface area contributed by atoms with E-state index in [-0.39, 0.29) is 10.8 Å². The maximum absolute atomic E-state index is 12.3. The van der Waals surface area contributed by atoms with E-state index in [1.54, 1.807) is 20.8 Å². The SMILES string of the molecule is CC(C)(C)OC(=O)c1ccc(Oc2ccc(OC(F)(F)F)c(Cl)c2)c(Br)c1. The van der Waals surface area contributed by atoms with Gasteiger partial charge in [0.2, 0.25) is 0 Å². The lowest BCUT2D eigenvalue weighted by Gasteiger charge is -2.19. The highest BCUT2D eigenvalue weighted by Crippen LogP contribution is 2.36. The number of ether oxygens (including phenoxy) is 3. The number of halogens is 5. The Morgan fingerprint density at radius 2 is 1.67 bits per heavy atom. The summed E-state index contributed by atoms with van der Waals surface area (Å²) in [5, 5.41) is -0.258. The van der Waals surface area contributed by atoms with Crippen LogP contribution in [-0.4, -0.2) is 17.9 Å². The molecule has 0 bridgehead atoms. The van der Waals surface area contributed by atoms with Crippen LogP contribution in [0, 0.1) is 0 Å². The van der Waals surface area contributed by atoms with Crippen LogP contribution >= 0.6 is 27.5 Å². The molecule has 27 heavy (non-hydrogen) atoms. The van der Waals surface area contributed by atoms with E-state index in [9.17, 15) is 18.0 Å². The molecule has 4 nitrogen and oxygen atoms in total. The average molecular weight is 468 g/mol. The van der Waals surface area contributed by atoms with Crippen LogP contribution < -0.4 is 9.47 Å². The molecule has 0 spiro atoms. The molecule has 0 amide bonds. The monoisotopic (exact) mass is 466 g/mol. The van der Waals surface area contributed by atoms with E-state index in [0.29, 0.717) is 15.8 Å². The van der Waals surface area contributed by atoms with Gasteiger partial charge in [-0.2, -0.15) is 0 Å². The predicted molar refractivity (Wildman–Crippen MR) is 97.5 cm³/mol. The van der Waals surface area contributed by atoms with E-state index in [2.05, 4.69) is 20.7 Å². The van der Waals surface area contributed by atoms with Crippen molar-refractivity contribution in [2.24, 2.45) is 0 Å². The third-order valence-electron chi connectivity index (χ3n) is 2.92. The topological polar surface area (TPSA) is 44.8 Å². The second-order valence-corrected chi connectivity index (χ2v) is 7.65. The molecule has 0 aliphatic heterocycles. The molecule has 0 saturated carbocycles. The summed E-state index contributed by atoms with van der Waals surface area (Å²) in [6.45, 7) is 5.27. The number of hydrogen-bond acceptors (Lipinski definition) is 4. The molecular formula is C18H15BrClF3O4. The number of rotatable bonds is 4. The predicted octanol–water partition coefficient (Wildman–Crippen LogP) is 6.75. The summed E-state index contributed by atoms with van der Waals surface area (Å²) < 4.78 is 51.9. The zero-order valence-electron chi connectivity index (χ0n) is 14.5. The van der Waals surface area contributed by atoms with E-state index >= 15 is 0 Å². The summed E-state index contributed by atoms with van der Waals surface area (Å²) in [7, 11) is 0. The Labute approximate surface area is 167 Å². The van der Waals surface area contributed by atoms with Gasteiger partial charge in [0.25, 0.3) is 0 Å². The van der Waals surface area contributed by atoms with Crippen LogP contribution in [0.25, 0.3) is 0 Å². The van der Waals surface area contributed by atoms with Gasteiger partial charge in [0.15, 0.2) is 0 Å². The minimum Gasteiger partial charge on any atom is -0.456 e. The van der Waals surface area contributed by atoms with Gasteiger partial charge in [-0.25, -0.2) is 4.79 Å². The molecule has 0 aromatic heterocycles. The summed E-state index contributed by atoms with van der Waals surface area (Å²) in [5.41, 5.74) is -0.313. The Morgan fingerprint density at radius 1 is 1.04 bits per heavy atom. The molecular weight excluding hydrogens is 453 g/mol. The Hall–Kier alpha value is -1.93. The molecule has 0 atom stereocenters. The number of esters is 1. The average Bonchev–Trinajstić information content (AvgIpc) is 2.49. The summed E-state index contributed by atoms with van der Waals surface area (Å²) in [6, 6.07) is 8.08. The van der Waals surface area contributed by atoms with Gasteiger partial charge in [-0.1, -0.05) is 11.6 Å². The first kappa shape index (κ1) is 21.4. The molecule has 0 fully saturated rings. The first-order valence-corrected chi connectivity index (χ1v) is 8.77. The Balaban J connectivity index is 2.16. The van der Waals surface area contributed by atoms with E-state index in [1.165, 1.54) is 30.3 Å². The number of hydrogen-bond donors (Lipinski definition) is 0. The van der Waals surface area contributed by atoms with Crippen molar-refractivity contribution in [3.05, 3.63) is 51.5 Å². The number of carbonyl (C=O) groups excluding carboxylic acids is 1. The maximum Gasteiger partial charge on any atom is 0.573 e. The largest absolute Gasteiger partial charge is 0.573 e. The number of alkyl halides is 3. The van der Waals surface area contributed by atoms with Crippen molar-refractivity contribution in [3.63, 3.8) is 0 Å². The molecule has 0 aliphatic carbocycles. The van der Waals surface area contributed by atoms with Crippen molar-refractivity contribution < 1.29 is 32.2 Å². The zero-order valence-corrected chi connectivity index (χ0v) is 16.8. The van der Waals surface area contributed by atoms with Crippen molar-refractivity contribution in [1.82, 2.24) is 0 Å². The van der Waals surface area contributed by atoms with Gasteiger partial charge in [-0.05, 0) is 67.0 Å². The van der Waals surface area contributed by atoms with E-state index in [1.807, 2.05) is 0 Å². The third-order valence-corrected chi connectivity index (χ3v) is 3.84. The third kappa shape index (κ3) is 6.62. The van der Waals surface area contributed by atoms with Crippen molar-refractivity contribution >= 4 is 33.5 Å². The highest BCUT2D eigenvalue weighted by molar-refractivity contribution is 9.10. The summed E-state index contributed by atoms with van der Waals surface area (Å²) in [6.07, 6.45) is -4.84. The lowest BCUT2D eigenvalue weighted by molar-refractivity contribution is -0.274. The van der Waals surface area contributed by atoms with Crippen LogP contribution in [0.5, 0.6) is 17.2 Å². The summed E-state index contributed by atoms with van der Waals surface area (Å²) in [5.74, 6) is -0.495. The van der Waals surface area contributed by atoms with Gasteiger partial charge >= 0.3 is 12.3 Å². The summed E-state index contributed by atoms with van der Waals surface area (Å²) in [4.78, 5) is 12.1. The lowest BCUT2D eigenvalue weighted by atomic mass is 10.1. The van der Waals surface area contributed by atoms with Gasteiger partial charge in [0.05, 0.1) is 15.1 Å². The van der Waals surface area contributed by atoms with E-state index in [4.69, 9.17) is 21.1 Å². The summed E-state index contributed by atoms with van der Waals surface area (Å²) >= 11 is 9.08. The fourth-order valence-corrected chi connectivity index (χ4v) is 2.60. The second-order valence-electron chi connectivity index (χ2n) is 6.39. The molecule has 0 radical (unpaired) electrons. The van der Waals surface area contributed by atoms with E-state index < -0.39 is 23.7 Å². The van der Waals surface area contributed by atoms with Crippen LogP contribution in [-0.2, 0) is 4.74 Å². The minimum absolute atomic E-state index is 0.195. The quantitative estimate of drug-likeness (QED) is 0.467. The minimum atomic E-state index is -4.84.